The van der Waals surface area contributed by atoms with Crippen molar-refractivity contribution >= 4 is 15.8 Å². The lowest BCUT2D eigenvalue weighted by Crippen LogP contribution is -2.34. The standard InChI is InChI=1S/C13H24N4O2S/c1-3-8-17-9-11(12(14)16-17)20(18,19)15-10-13(2)6-4-5-7-13/h9,15H,3-8,10H2,1-2H3,(H2,14,16). The summed E-state index contributed by atoms with van der Waals surface area (Å²) in [6.07, 6.45) is 6.88. The van der Waals surface area contributed by atoms with Gasteiger partial charge in [0.05, 0.1) is 0 Å². The Morgan fingerprint density at radius 1 is 1.45 bits per heavy atom. The summed E-state index contributed by atoms with van der Waals surface area (Å²) < 4.78 is 28.9. The normalized spacial score (nSPS) is 18.5. The Bertz CT molecular complexity index is 559. The molecule has 1 saturated carbocycles. The molecule has 20 heavy (non-hydrogen) atoms. The van der Waals surface area contributed by atoms with Gasteiger partial charge in [0.15, 0.2) is 5.82 Å². The van der Waals surface area contributed by atoms with Gasteiger partial charge in [0.25, 0.3) is 0 Å². The van der Waals surface area contributed by atoms with Gasteiger partial charge in [-0.05, 0) is 24.7 Å². The van der Waals surface area contributed by atoms with Crippen LogP contribution < -0.4 is 10.5 Å². The SMILES string of the molecule is CCCn1cc(S(=O)(=O)NCC2(C)CCCC2)c(N)n1. The lowest BCUT2D eigenvalue weighted by molar-refractivity contribution is 0.336. The van der Waals surface area contributed by atoms with E-state index in [1.54, 1.807) is 4.68 Å². The molecule has 6 nitrogen and oxygen atoms in total. The largest absolute Gasteiger partial charge is 0.381 e. The molecule has 0 unspecified atom stereocenters. The lowest BCUT2D eigenvalue weighted by Gasteiger charge is -2.23. The van der Waals surface area contributed by atoms with Crippen molar-refractivity contribution in [3.63, 3.8) is 0 Å². The Labute approximate surface area is 120 Å². The van der Waals surface area contributed by atoms with Crippen LogP contribution in [-0.2, 0) is 16.6 Å². The van der Waals surface area contributed by atoms with Crippen LogP contribution in [0.2, 0.25) is 0 Å². The van der Waals surface area contributed by atoms with Crippen LogP contribution in [0.5, 0.6) is 0 Å². The minimum absolute atomic E-state index is 0.0707. The highest BCUT2D eigenvalue weighted by atomic mass is 32.2. The molecular formula is C13H24N4O2S. The second-order valence-electron chi connectivity index (χ2n) is 5.98. The van der Waals surface area contributed by atoms with E-state index >= 15 is 0 Å². The van der Waals surface area contributed by atoms with Crippen molar-refractivity contribution in [1.29, 1.82) is 0 Å². The molecule has 1 fully saturated rings. The second-order valence-corrected chi connectivity index (χ2v) is 7.72. The Kier molecular flexibility index (Phi) is 4.39. The molecule has 0 atom stereocenters. The van der Waals surface area contributed by atoms with Crippen molar-refractivity contribution in [1.82, 2.24) is 14.5 Å². The van der Waals surface area contributed by atoms with Gasteiger partial charge >= 0.3 is 0 Å². The molecular weight excluding hydrogens is 276 g/mol. The fraction of sp³-hybridized carbons (Fsp3) is 0.769. The summed E-state index contributed by atoms with van der Waals surface area (Å²) in [6, 6.07) is 0. The van der Waals surface area contributed by atoms with E-state index in [4.69, 9.17) is 5.73 Å². The van der Waals surface area contributed by atoms with Crippen LogP contribution in [0.15, 0.2) is 11.1 Å². The van der Waals surface area contributed by atoms with Gasteiger partial charge in [0.1, 0.15) is 4.90 Å². The number of hydrogen-bond donors (Lipinski definition) is 2. The highest BCUT2D eigenvalue weighted by Crippen LogP contribution is 2.37. The Hall–Kier alpha value is -1.08. The zero-order valence-corrected chi connectivity index (χ0v) is 13.0. The molecule has 7 heteroatoms. The highest BCUT2D eigenvalue weighted by molar-refractivity contribution is 7.89. The number of nitrogens with two attached hydrogens (primary N) is 1. The Morgan fingerprint density at radius 3 is 2.70 bits per heavy atom. The van der Waals surface area contributed by atoms with Crippen molar-refractivity contribution in [2.75, 3.05) is 12.3 Å². The molecule has 1 aromatic heterocycles. The topological polar surface area (TPSA) is 90.0 Å². The third-order valence-corrected chi connectivity index (χ3v) is 5.41. The Morgan fingerprint density at radius 2 is 2.10 bits per heavy atom. The molecule has 1 aliphatic rings. The van der Waals surface area contributed by atoms with Gasteiger partial charge in [0, 0.05) is 19.3 Å². The lowest BCUT2D eigenvalue weighted by atomic mass is 9.89. The highest BCUT2D eigenvalue weighted by Gasteiger charge is 2.31. The minimum atomic E-state index is -3.57. The number of nitrogen functional groups attached to an aromatic ring is 1. The van der Waals surface area contributed by atoms with Gasteiger partial charge in [-0.1, -0.05) is 26.7 Å². The number of anilines is 1. The van der Waals surface area contributed by atoms with Gasteiger partial charge in [-0.25, -0.2) is 13.1 Å². The summed E-state index contributed by atoms with van der Waals surface area (Å²) in [7, 11) is -3.57. The molecule has 0 amide bonds. The van der Waals surface area contributed by atoms with Crippen LogP contribution >= 0.6 is 0 Å². The predicted octanol–water partition coefficient (Wildman–Crippen LogP) is 1.73. The van der Waals surface area contributed by atoms with E-state index in [0.29, 0.717) is 13.1 Å². The van der Waals surface area contributed by atoms with E-state index in [1.165, 1.54) is 19.0 Å². The van der Waals surface area contributed by atoms with Crippen molar-refractivity contribution in [3.05, 3.63) is 6.20 Å². The molecule has 1 heterocycles. The zero-order valence-electron chi connectivity index (χ0n) is 12.2. The fourth-order valence-electron chi connectivity index (χ4n) is 2.72. The first kappa shape index (κ1) is 15.3. The number of aromatic nitrogens is 2. The van der Waals surface area contributed by atoms with Crippen molar-refractivity contribution < 1.29 is 8.42 Å². The van der Waals surface area contributed by atoms with Crippen molar-refractivity contribution in [3.8, 4) is 0 Å². The van der Waals surface area contributed by atoms with Gasteiger partial charge in [-0.2, -0.15) is 5.10 Å². The maximum atomic E-state index is 12.3. The van der Waals surface area contributed by atoms with Crippen molar-refractivity contribution in [2.45, 2.75) is 57.4 Å². The minimum Gasteiger partial charge on any atom is -0.381 e. The van der Waals surface area contributed by atoms with E-state index in [0.717, 1.165) is 19.3 Å². The molecule has 1 aliphatic carbocycles. The van der Waals surface area contributed by atoms with Gasteiger partial charge < -0.3 is 5.73 Å². The molecule has 0 spiro atoms. The van der Waals surface area contributed by atoms with E-state index in [-0.39, 0.29) is 16.1 Å². The summed E-state index contributed by atoms with van der Waals surface area (Å²) in [5.74, 6) is 0.0718. The summed E-state index contributed by atoms with van der Waals surface area (Å²) in [4.78, 5) is 0.0903. The van der Waals surface area contributed by atoms with Crippen LogP contribution in [0.4, 0.5) is 5.82 Å². The molecule has 2 rings (SSSR count). The maximum absolute atomic E-state index is 12.3. The monoisotopic (exact) mass is 300 g/mol. The molecule has 0 saturated heterocycles. The van der Waals surface area contributed by atoms with E-state index in [9.17, 15) is 8.42 Å². The van der Waals surface area contributed by atoms with Crippen LogP contribution in [0.3, 0.4) is 0 Å². The quantitative estimate of drug-likeness (QED) is 0.837. The first-order valence-electron chi connectivity index (χ1n) is 7.19. The fourth-order valence-corrected chi connectivity index (χ4v) is 3.99. The summed E-state index contributed by atoms with van der Waals surface area (Å²) in [5, 5.41) is 4.04. The van der Waals surface area contributed by atoms with Gasteiger partial charge in [0.2, 0.25) is 10.0 Å². The third kappa shape index (κ3) is 3.32. The maximum Gasteiger partial charge on any atom is 0.245 e. The number of aryl methyl sites for hydroxylation is 1. The van der Waals surface area contributed by atoms with Crippen LogP contribution in [-0.4, -0.2) is 24.7 Å². The van der Waals surface area contributed by atoms with E-state index in [1.807, 2.05) is 6.92 Å². The summed E-state index contributed by atoms with van der Waals surface area (Å²) in [6.45, 7) is 5.27. The number of sulfonamides is 1. The van der Waals surface area contributed by atoms with Gasteiger partial charge in [-0.3, -0.25) is 4.68 Å². The summed E-state index contributed by atoms with van der Waals surface area (Å²) >= 11 is 0. The first-order valence-corrected chi connectivity index (χ1v) is 8.67. The molecule has 114 valence electrons. The van der Waals surface area contributed by atoms with E-state index < -0.39 is 10.0 Å². The molecule has 1 aromatic rings. The number of nitrogens with zero attached hydrogens (tertiary/aromatic N) is 2. The molecule has 0 radical (unpaired) electrons. The average Bonchev–Trinajstić information content (AvgIpc) is 2.96. The summed E-state index contributed by atoms with van der Waals surface area (Å²) in [5.41, 5.74) is 5.79. The molecule has 0 aromatic carbocycles. The van der Waals surface area contributed by atoms with Gasteiger partial charge in [-0.15, -0.1) is 0 Å². The number of rotatable bonds is 6. The molecule has 3 N–H and O–H groups in total. The van der Waals surface area contributed by atoms with Crippen LogP contribution in [0, 0.1) is 5.41 Å². The average molecular weight is 300 g/mol. The first-order chi connectivity index (χ1) is 9.36. The second kappa shape index (κ2) is 5.73. The van der Waals surface area contributed by atoms with Crippen LogP contribution in [0.1, 0.15) is 46.0 Å². The number of hydrogen-bond acceptors (Lipinski definition) is 4. The van der Waals surface area contributed by atoms with E-state index in [2.05, 4.69) is 16.7 Å². The zero-order chi connectivity index (χ0) is 14.8. The Balaban J connectivity index is 2.09. The van der Waals surface area contributed by atoms with Crippen LogP contribution in [0.25, 0.3) is 0 Å². The van der Waals surface area contributed by atoms with Crippen molar-refractivity contribution in [2.24, 2.45) is 5.41 Å². The molecule has 0 bridgehead atoms. The smallest absolute Gasteiger partial charge is 0.245 e. The predicted molar refractivity (Wildman–Crippen MR) is 78.7 cm³/mol. The third-order valence-electron chi connectivity index (χ3n) is 4.00. The molecule has 0 aliphatic heterocycles. The number of nitrogens with one attached hydrogen (secondary N) is 1.